The molecule has 6 nitrogen and oxygen atoms in total. The quantitative estimate of drug-likeness (QED) is 0.927. The second-order valence-electron chi connectivity index (χ2n) is 5.65. The van der Waals surface area contributed by atoms with Crippen molar-refractivity contribution in [3.63, 3.8) is 0 Å². The lowest BCUT2D eigenvalue weighted by atomic mass is 9.93. The van der Waals surface area contributed by atoms with Crippen LogP contribution in [0.4, 0.5) is 0 Å². The van der Waals surface area contributed by atoms with E-state index in [0.717, 1.165) is 31.9 Å². The van der Waals surface area contributed by atoms with Crippen LogP contribution in [0.5, 0.6) is 0 Å². The van der Waals surface area contributed by atoms with Gasteiger partial charge in [-0.1, -0.05) is 6.92 Å². The summed E-state index contributed by atoms with van der Waals surface area (Å²) in [7, 11) is 0. The van der Waals surface area contributed by atoms with Gasteiger partial charge in [0, 0.05) is 12.6 Å². The number of piperidine rings is 1. The van der Waals surface area contributed by atoms with Crippen LogP contribution >= 0.6 is 0 Å². The van der Waals surface area contributed by atoms with Crippen molar-refractivity contribution in [3.05, 3.63) is 29.7 Å². The summed E-state index contributed by atoms with van der Waals surface area (Å²) in [5, 5.41) is 17.5. The van der Waals surface area contributed by atoms with Gasteiger partial charge in [0.25, 0.3) is 0 Å². The smallest absolute Gasteiger partial charge is 0.337 e. The Morgan fingerprint density at radius 1 is 1.33 bits per heavy atom. The fourth-order valence-corrected chi connectivity index (χ4v) is 2.97. The normalized spacial score (nSPS) is 17.4. The van der Waals surface area contributed by atoms with Crippen molar-refractivity contribution < 1.29 is 9.90 Å². The Hall–Kier alpha value is -1.95. The zero-order valence-corrected chi connectivity index (χ0v) is 12.2. The fourth-order valence-electron chi connectivity index (χ4n) is 2.97. The predicted octanol–water partition coefficient (Wildman–Crippen LogP) is 1.70. The molecule has 0 unspecified atom stereocenters. The van der Waals surface area contributed by atoms with Gasteiger partial charge >= 0.3 is 5.97 Å². The first-order chi connectivity index (χ1) is 10.2. The highest BCUT2D eigenvalue weighted by atomic mass is 16.4. The number of carboxylic acid groups (broad SMARTS) is 1. The maximum atomic E-state index is 11.1. The number of likely N-dealkylation sites (tertiary alicyclic amines) is 1. The van der Waals surface area contributed by atoms with E-state index >= 15 is 0 Å². The maximum absolute atomic E-state index is 11.1. The Morgan fingerprint density at radius 2 is 2.10 bits per heavy atom. The van der Waals surface area contributed by atoms with Gasteiger partial charge in [0.15, 0.2) is 5.65 Å². The van der Waals surface area contributed by atoms with Crippen LogP contribution in [0.2, 0.25) is 0 Å². The van der Waals surface area contributed by atoms with Gasteiger partial charge in [-0.05, 0) is 50.5 Å². The molecule has 0 radical (unpaired) electrons. The van der Waals surface area contributed by atoms with Crippen LogP contribution in [0.3, 0.4) is 0 Å². The fraction of sp³-hybridized carbons (Fsp3) is 0.533. The molecule has 0 bridgehead atoms. The van der Waals surface area contributed by atoms with Crippen LogP contribution in [0, 0.1) is 5.92 Å². The highest BCUT2D eigenvalue weighted by molar-refractivity contribution is 5.87. The average Bonchev–Trinajstić information content (AvgIpc) is 2.90. The van der Waals surface area contributed by atoms with Crippen molar-refractivity contribution in [1.29, 1.82) is 0 Å². The molecule has 0 aliphatic carbocycles. The van der Waals surface area contributed by atoms with Gasteiger partial charge in [-0.15, -0.1) is 10.2 Å². The second kappa shape index (κ2) is 5.81. The molecular weight excluding hydrogens is 268 g/mol. The largest absolute Gasteiger partial charge is 0.478 e. The minimum atomic E-state index is -0.923. The average molecular weight is 288 g/mol. The molecule has 3 heterocycles. The van der Waals surface area contributed by atoms with E-state index < -0.39 is 5.97 Å². The third-order valence-corrected chi connectivity index (χ3v) is 4.35. The molecule has 21 heavy (non-hydrogen) atoms. The molecule has 6 heteroatoms. The van der Waals surface area contributed by atoms with Gasteiger partial charge in [0.05, 0.1) is 5.56 Å². The van der Waals surface area contributed by atoms with Gasteiger partial charge in [-0.2, -0.15) is 0 Å². The third kappa shape index (κ3) is 2.90. The number of pyridine rings is 1. The van der Waals surface area contributed by atoms with E-state index in [2.05, 4.69) is 22.0 Å². The molecule has 0 saturated carbocycles. The van der Waals surface area contributed by atoms with Crippen LogP contribution in [-0.4, -0.2) is 50.2 Å². The van der Waals surface area contributed by atoms with Crippen molar-refractivity contribution in [2.24, 2.45) is 5.92 Å². The number of rotatable bonds is 4. The van der Waals surface area contributed by atoms with E-state index in [4.69, 9.17) is 5.11 Å². The van der Waals surface area contributed by atoms with E-state index in [1.807, 2.05) is 4.40 Å². The molecule has 0 amide bonds. The highest BCUT2D eigenvalue weighted by Gasteiger charge is 2.20. The van der Waals surface area contributed by atoms with E-state index in [1.165, 1.54) is 12.8 Å². The lowest BCUT2D eigenvalue weighted by Crippen LogP contribution is -2.34. The van der Waals surface area contributed by atoms with Crippen LogP contribution in [0.1, 0.15) is 35.9 Å². The Bertz CT molecular complexity index is 644. The van der Waals surface area contributed by atoms with Crippen LogP contribution in [-0.2, 0) is 6.42 Å². The number of aromatic nitrogens is 3. The van der Waals surface area contributed by atoms with Crippen molar-refractivity contribution in [1.82, 2.24) is 19.5 Å². The molecule has 0 spiro atoms. The lowest BCUT2D eigenvalue weighted by molar-refractivity contribution is 0.0696. The molecule has 0 atom stereocenters. The maximum Gasteiger partial charge on any atom is 0.337 e. The van der Waals surface area contributed by atoms with Crippen LogP contribution in [0.25, 0.3) is 5.65 Å². The SMILES string of the molecule is CCN1CCC(Cc2nnc3ccc(C(=O)O)cn23)CC1. The van der Waals surface area contributed by atoms with Crippen LogP contribution in [0.15, 0.2) is 18.3 Å². The standard InChI is InChI=1S/C15H20N4O2/c1-2-18-7-5-11(6-8-18)9-14-17-16-13-4-3-12(15(20)21)10-19(13)14/h3-4,10-11H,2,5-9H2,1H3,(H,20,21). The Morgan fingerprint density at radius 3 is 2.76 bits per heavy atom. The highest BCUT2D eigenvalue weighted by Crippen LogP contribution is 2.21. The summed E-state index contributed by atoms with van der Waals surface area (Å²) in [6.07, 6.45) is 4.82. The van der Waals surface area contributed by atoms with Gasteiger partial charge in [0.2, 0.25) is 0 Å². The first-order valence-corrected chi connectivity index (χ1v) is 7.46. The summed E-state index contributed by atoms with van der Waals surface area (Å²) in [4.78, 5) is 13.5. The topological polar surface area (TPSA) is 70.7 Å². The van der Waals surface area contributed by atoms with Crippen molar-refractivity contribution >= 4 is 11.6 Å². The number of hydrogen-bond donors (Lipinski definition) is 1. The molecule has 1 fully saturated rings. The molecule has 3 rings (SSSR count). The van der Waals surface area contributed by atoms with Crippen molar-refractivity contribution in [2.45, 2.75) is 26.2 Å². The molecule has 1 aliphatic heterocycles. The first-order valence-electron chi connectivity index (χ1n) is 7.46. The Kier molecular flexibility index (Phi) is 3.88. The number of carbonyl (C=O) groups is 1. The second-order valence-corrected chi connectivity index (χ2v) is 5.65. The molecule has 112 valence electrons. The third-order valence-electron chi connectivity index (χ3n) is 4.35. The Balaban J connectivity index is 1.78. The molecule has 0 aromatic carbocycles. The summed E-state index contributed by atoms with van der Waals surface area (Å²) in [6, 6.07) is 3.27. The molecule has 1 aliphatic rings. The van der Waals surface area contributed by atoms with Gasteiger partial charge in [-0.3, -0.25) is 4.40 Å². The molecule has 2 aromatic heterocycles. The predicted molar refractivity (Wildman–Crippen MR) is 78.5 cm³/mol. The van der Waals surface area contributed by atoms with E-state index in [-0.39, 0.29) is 5.56 Å². The summed E-state index contributed by atoms with van der Waals surface area (Å²) < 4.78 is 1.82. The molecular formula is C15H20N4O2. The zero-order chi connectivity index (χ0) is 14.8. The molecule has 1 N–H and O–H groups in total. The number of aromatic carboxylic acids is 1. The van der Waals surface area contributed by atoms with Crippen molar-refractivity contribution in [2.75, 3.05) is 19.6 Å². The van der Waals surface area contributed by atoms with Crippen LogP contribution < -0.4 is 0 Å². The van der Waals surface area contributed by atoms with Gasteiger partial charge < -0.3 is 10.0 Å². The summed E-state index contributed by atoms with van der Waals surface area (Å²) in [5.41, 5.74) is 0.977. The lowest BCUT2D eigenvalue weighted by Gasteiger charge is -2.30. The van der Waals surface area contributed by atoms with Gasteiger partial charge in [-0.25, -0.2) is 4.79 Å². The summed E-state index contributed by atoms with van der Waals surface area (Å²) in [5.74, 6) is 0.546. The first kappa shape index (κ1) is 14.0. The molecule has 2 aromatic rings. The zero-order valence-electron chi connectivity index (χ0n) is 12.2. The monoisotopic (exact) mass is 288 g/mol. The summed E-state index contributed by atoms with van der Waals surface area (Å²) in [6.45, 7) is 5.58. The minimum Gasteiger partial charge on any atom is -0.478 e. The number of fused-ring (bicyclic) bond motifs is 1. The van der Waals surface area contributed by atoms with E-state index in [1.54, 1.807) is 18.3 Å². The minimum absolute atomic E-state index is 0.268. The van der Waals surface area contributed by atoms with Gasteiger partial charge in [0.1, 0.15) is 5.82 Å². The van der Waals surface area contributed by atoms with E-state index in [9.17, 15) is 4.79 Å². The molecule has 1 saturated heterocycles. The number of hydrogen-bond acceptors (Lipinski definition) is 4. The van der Waals surface area contributed by atoms with Crippen molar-refractivity contribution in [3.8, 4) is 0 Å². The van der Waals surface area contributed by atoms with E-state index in [0.29, 0.717) is 11.6 Å². The number of nitrogens with zero attached hydrogens (tertiary/aromatic N) is 4. The number of carboxylic acids is 1. The Labute approximate surface area is 123 Å². The summed E-state index contributed by atoms with van der Waals surface area (Å²) >= 11 is 0.